The molecule has 1 aliphatic heterocycles. The van der Waals surface area contributed by atoms with Crippen molar-refractivity contribution in [1.82, 2.24) is 19.2 Å². The van der Waals surface area contributed by atoms with Gasteiger partial charge in [0.05, 0.1) is 11.8 Å². The van der Waals surface area contributed by atoms with Gasteiger partial charge in [-0.1, -0.05) is 11.6 Å². The van der Waals surface area contributed by atoms with Crippen LogP contribution in [0, 0.1) is 19.7 Å². The number of pyridine rings is 1. The van der Waals surface area contributed by atoms with E-state index in [0.717, 1.165) is 22.8 Å². The molecule has 1 aliphatic rings. The van der Waals surface area contributed by atoms with Crippen molar-refractivity contribution < 1.29 is 22.3 Å². The SMILES string of the molecule is Cc1nc2c(-c3ccc(Cl)cc3F)cc(C3CCOC(c4ccc(=O)n(C(F)(F)F)c4)C3)nn2c(=O)c1C. The highest BCUT2D eigenvalue weighted by Crippen LogP contribution is 2.39. The lowest BCUT2D eigenvalue weighted by Gasteiger charge is -2.30. The summed E-state index contributed by atoms with van der Waals surface area (Å²) in [4.78, 5) is 29.4. The van der Waals surface area contributed by atoms with Crippen molar-refractivity contribution in [3.05, 3.63) is 96.7 Å². The van der Waals surface area contributed by atoms with Gasteiger partial charge in [0.2, 0.25) is 0 Å². The molecule has 12 heteroatoms. The van der Waals surface area contributed by atoms with Crippen LogP contribution in [0.1, 0.15) is 47.4 Å². The van der Waals surface area contributed by atoms with Crippen molar-refractivity contribution >= 4 is 17.2 Å². The number of fused-ring (bicyclic) bond motifs is 1. The Bertz CT molecular complexity index is 1680. The molecule has 3 aromatic heterocycles. The van der Waals surface area contributed by atoms with Gasteiger partial charge in [0.25, 0.3) is 11.1 Å². The minimum atomic E-state index is -4.87. The van der Waals surface area contributed by atoms with E-state index in [2.05, 4.69) is 10.1 Å². The van der Waals surface area contributed by atoms with E-state index in [-0.39, 0.29) is 45.3 Å². The lowest BCUT2D eigenvalue weighted by molar-refractivity contribution is -0.206. The molecule has 1 aromatic carbocycles. The van der Waals surface area contributed by atoms with Gasteiger partial charge < -0.3 is 4.74 Å². The summed E-state index contributed by atoms with van der Waals surface area (Å²) in [6.45, 7) is 3.50. The van der Waals surface area contributed by atoms with Crippen molar-refractivity contribution in [1.29, 1.82) is 0 Å². The minimum absolute atomic E-state index is 0.170. The van der Waals surface area contributed by atoms with Gasteiger partial charge in [-0.2, -0.15) is 9.61 Å². The molecule has 198 valence electrons. The molecule has 0 bridgehead atoms. The number of alkyl halides is 3. The molecule has 0 saturated carbocycles. The van der Waals surface area contributed by atoms with E-state index in [1.807, 2.05) is 0 Å². The van der Waals surface area contributed by atoms with Crippen LogP contribution < -0.4 is 11.1 Å². The largest absolute Gasteiger partial charge is 0.491 e. The van der Waals surface area contributed by atoms with Crippen LogP contribution in [0.15, 0.2) is 52.2 Å². The summed E-state index contributed by atoms with van der Waals surface area (Å²) >= 11 is 5.94. The van der Waals surface area contributed by atoms with Crippen molar-refractivity contribution in [3.8, 4) is 11.1 Å². The zero-order chi connectivity index (χ0) is 27.4. The molecule has 4 heterocycles. The molecule has 1 saturated heterocycles. The molecular weight excluding hydrogens is 528 g/mol. The summed E-state index contributed by atoms with van der Waals surface area (Å²) in [5, 5.41) is 4.74. The summed E-state index contributed by atoms with van der Waals surface area (Å²) in [5.74, 6) is -0.949. The average Bonchev–Trinajstić information content (AvgIpc) is 2.87. The second-order valence-electron chi connectivity index (χ2n) is 9.19. The van der Waals surface area contributed by atoms with Crippen molar-refractivity contribution in [2.75, 3.05) is 6.61 Å². The molecule has 0 spiro atoms. The summed E-state index contributed by atoms with van der Waals surface area (Å²) < 4.78 is 61.5. The number of ether oxygens (including phenoxy) is 1. The number of hydrogen-bond donors (Lipinski definition) is 0. The van der Waals surface area contributed by atoms with Crippen molar-refractivity contribution in [2.24, 2.45) is 0 Å². The van der Waals surface area contributed by atoms with Crippen LogP contribution in [0.25, 0.3) is 16.8 Å². The van der Waals surface area contributed by atoms with E-state index in [9.17, 15) is 22.8 Å². The first kappa shape index (κ1) is 26.1. The Morgan fingerprint density at radius 3 is 2.55 bits per heavy atom. The maximum absolute atomic E-state index is 15.0. The second kappa shape index (κ2) is 9.63. The number of benzene rings is 1. The average molecular weight is 549 g/mol. The Balaban J connectivity index is 1.62. The monoisotopic (exact) mass is 548 g/mol. The van der Waals surface area contributed by atoms with E-state index in [0.29, 0.717) is 28.9 Å². The molecule has 0 radical (unpaired) electrons. The van der Waals surface area contributed by atoms with Gasteiger partial charge in [0, 0.05) is 52.2 Å². The van der Waals surface area contributed by atoms with Gasteiger partial charge in [-0.15, -0.1) is 13.2 Å². The van der Waals surface area contributed by atoms with Gasteiger partial charge >= 0.3 is 6.30 Å². The van der Waals surface area contributed by atoms with Crippen LogP contribution in [0.5, 0.6) is 0 Å². The smallest absolute Gasteiger partial charge is 0.373 e. The van der Waals surface area contributed by atoms with Crippen molar-refractivity contribution in [2.45, 2.75) is 45.0 Å². The van der Waals surface area contributed by atoms with Crippen LogP contribution in [-0.4, -0.2) is 25.8 Å². The fraction of sp³-hybridized carbons (Fsp3) is 0.308. The second-order valence-corrected chi connectivity index (χ2v) is 9.63. The van der Waals surface area contributed by atoms with Crippen LogP contribution in [0.2, 0.25) is 5.02 Å². The Kier molecular flexibility index (Phi) is 6.60. The maximum atomic E-state index is 15.0. The summed E-state index contributed by atoms with van der Waals surface area (Å²) in [5.41, 5.74) is 0.546. The topological polar surface area (TPSA) is 78.5 Å². The molecule has 2 unspecified atom stereocenters. The van der Waals surface area contributed by atoms with Crippen LogP contribution >= 0.6 is 11.6 Å². The third kappa shape index (κ3) is 4.71. The predicted octanol–water partition coefficient (Wildman–Crippen LogP) is 5.44. The first-order chi connectivity index (χ1) is 17.9. The molecule has 38 heavy (non-hydrogen) atoms. The quantitative estimate of drug-likeness (QED) is 0.319. The molecule has 2 atom stereocenters. The van der Waals surface area contributed by atoms with E-state index in [1.165, 1.54) is 18.2 Å². The summed E-state index contributed by atoms with van der Waals surface area (Å²) in [6.07, 6.45) is -4.21. The van der Waals surface area contributed by atoms with Gasteiger partial charge in [-0.05, 0) is 62.6 Å². The van der Waals surface area contributed by atoms with E-state index >= 15 is 4.39 Å². The Labute approximate surface area is 218 Å². The standard InChI is InChI=1S/C26H21ClF4N4O3/c1-13-14(2)32-24-19(18-5-4-17(27)10-20(18)28)11-21(33-35(24)25(13)37)15-7-8-38-22(9-15)16-3-6-23(36)34(12-16)26(29,30)31/h3-6,10-12,15,22H,7-9H2,1-2H3. The lowest BCUT2D eigenvalue weighted by Crippen LogP contribution is -2.31. The number of rotatable bonds is 3. The van der Waals surface area contributed by atoms with Crippen LogP contribution in [0.3, 0.4) is 0 Å². The van der Waals surface area contributed by atoms with Crippen LogP contribution in [-0.2, 0) is 11.0 Å². The lowest BCUT2D eigenvalue weighted by atomic mass is 9.89. The molecule has 7 nitrogen and oxygen atoms in total. The highest BCUT2D eigenvalue weighted by molar-refractivity contribution is 6.30. The number of nitrogens with zero attached hydrogens (tertiary/aromatic N) is 4. The Morgan fingerprint density at radius 1 is 1.08 bits per heavy atom. The molecule has 5 rings (SSSR count). The van der Waals surface area contributed by atoms with E-state index in [1.54, 1.807) is 19.9 Å². The Morgan fingerprint density at radius 2 is 1.84 bits per heavy atom. The van der Waals surface area contributed by atoms with Crippen molar-refractivity contribution in [3.63, 3.8) is 0 Å². The number of aromatic nitrogens is 4. The highest BCUT2D eigenvalue weighted by atomic mass is 35.5. The fourth-order valence-corrected chi connectivity index (χ4v) is 4.78. The molecule has 4 aromatic rings. The van der Waals surface area contributed by atoms with E-state index < -0.39 is 29.3 Å². The summed E-state index contributed by atoms with van der Waals surface area (Å²) in [6, 6.07) is 7.97. The van der Waals surface area contributed by atoms with Gasteiger partial charge in [-0.25, -0.2) is 13.9 Å². The van der Waals surface area contributed by atoms with Gasteiger partial charge in [-0.3, -0.25) is 9.59 Å². The zero-order valence-corrected chi connectivity index (χ0v) is 21.0. The molecular formula is C26H21ClF4N4O3. The zero-order valence-electron chi connectivity index (χ0n) is 20.2. The summed E-state index contributed by atoms with van der Waals surface area (Å²) in [7, 11) is 0. The molecule has 1 fully saturated rings. The highest BCUT2D eigenvalue weighted by Gasteiger charge is 2.34. The minimum Gasteiger partial charge on any atom is -0.373 e. The first-order valence-electron chi connectivity index (χ1n) is 11.7. The first-order valence-corrected chi connectivity index (χ1v) is 12.1. The molecule has 0 aliphatic carbocycles. The predicted molar refractivity (Wildman–Crippen MR) is 132 cm³/mol. The molecule has 0 N–H and O–H groups in total. The van der Waals surface area contributed by atoms with E-state index in [4.69, 9.17) is 16.3 Å². The third-order valence-electron chi connectivity index (χ3n) is 6.78. The number of hydrogen-bond acceptors (Lipinski definition) is 5. The third-order valence-corrected chi connectivity index (χ3v) is 7.02. The maximum Gasteiger partial charge on any atom is 0.491 e. The van der Waals surface area contributed by atoms with Gasteiger partial charge in [0.1, 0.15) is 5.82 Å². The Hall–Kier alpha value is -3.57. The number of halogens is 5. The fourth-order valence-electron chi connectivity index (χ4n) is 4.62. The molecule has 0 amide bonds. The normalized spacial score (nSPS) is 18.2. The van der Waals surface area contributed by atoms with Gasteiger partial charge in [0.15, 0.2) is 5.65 Å². The number of aryl methyl sites for hydroxylation is 1. The van der Waals surface area contributed by atoms with Crippen LogP contribution in [0.4, 0.5) is 17.6 Å².